The zero-order chi connectivity index (χ0) is 12.4. The van der Waals surface area contributed by atoms with E-state index in [4.69, 9.17) is 0 Å². The third kappa shape index (κ3) is 2.84. The fourth-order valence-electron chi connectivity index (χ4n) is 1.49. The fraction of sp³-hybridized carbons (Fsp3) is 0.308. The molecule has 1 aromatic carbocycles. The molecule has 0 aliphatic carbocycles. The van der Waals surface area contributed by atoms with Crippen LogP contribution in [0.1, 0.15) is 29.2 Å². The zero-order valence-corrected chi connectivity index (χ0v) is 11.0. The minimum atomic E-state index is -0.423. The average molecular weight is 248 g/mol. The minimum Gasteiger partial charge on any atom is -0.389 e. The molecule has 1 unspecified atom stereocenters. The van der Waals surface area contributed by atoms with Gasteiger partial charge in [-0.2, -0.15) is 0 Å². The predicted molar refractivity (Wildman–Crippen MR) is 71.9 cm³/mol. The minimum absolute atomic E-state index is 0.423. The van der Waals surface area contributed by atoms with Gasteiger partial charge in [-0.05, 0) is 38.5 Å². The van der Waals surface area contributed by atoms with Gasteiger partial charge < -0.3 is 10.4 Å². The van der Waals surface area contributed by atoms with Gasteiger partial charge in [0.25, 0.3) is 0 Å². The van der Waals surface area contributed by atoms with Crippen molar-refractivity contribution in [3.05, 3.63) is 40.4 Å². The average Bonchev–Trinajstić information content (AvgIpc) is 2.58. The third-order valence-electron chi connectivity index (χ3n) is 2.67. The molecule has 0 saturated heterocycles. The van der Waals surface area contributed by atoms with Crippen LogP contribution in [-0.2, 0) is 0 Å². The Labute approximate surface area is 105 Å². The number of rotatable bonds is 3. The van der Waals surface area contributed by atoms with Crippen LogP contribution in [0.25, 0.3) is 0 Å². The molecule has 1 heterocycles. The lowest BCUT2D eigenvalue weighted by molar-refractivity contribution is 0.199. The Balaban J connectivity index is 2.13. The molecule has 0 spiro atoms. The van der Waals surface area contributed by atoms with Crippen LogP contribution < -0.4 is 5.32 Å². The van der Waals surface area contributed by atoms with E-state index in [1.807, 2.05) is 31.2 Å². The summed E-state index contributed by atoms with van der Waals surface area (Å²) in [5.74, 6) is 0. The molecule has 0 aliphatic heterocycles. The molecular weight excluding hydrogens is 232 g/mol. The van der Waals surface area contributed by atoms with E-state index >= 15 is 0 Å². The van der Waals surface area contributed by atoms with Gasteiger partial charge in [0, 0.05) is 10.6 Å². The molecule has 0 fully saturated rings. The summed E-state index contributed by atoms with van der Waals surface area (Å²) >= 11 is 1.65. The van der Waals surface area contributed by atoms with Gasteiger partial charge >= 0.3 is 0 Å². The highest BCUT2D eigenvalue weighted by molar-refractivity contribution is 7.15. The molecule has 2 rings (SSSR count). The summed E-state index contributed by atoms with van der Waals surface area (Å²) in [6, 6.07) is 7.74. The normalized spacial score (nSPS) is 12.5. The van der Waals surface area contributed by atoms with Crippen molar-refractivity contribution in [1.82, 2.24) is 4.98 Å². The highest BCUT2D eigenvalue weighted by atomic mass is 32.1. The van der Waals surface area contributed by atoms with E-state index in [1.165, 1.54) is 4.88 Å². The van der Waals surface area contributed by atoms with Crippen molar-refractivity contribution >= 4 is 22.2 Å². The first-order valence-electron chi connectivity index (χ1n) is 5.55. The van der Waals surface area contributed by atoms with Gasteiger partial charge in [0.1, 0.15) is 0 Å². The number of thiazole rings is 1. The largest absolute Gasteiger partial charge is 0.389 e. The number of nitrogens with zero attached hydrogens (tertiary/aromatic N) is 1. The summed E-state index contributed by atoms with van der Waals surface area (Å²) in [6.07, 6.45) is -0.423. The van der Waals surface area contributed by atoms with E-state index < -0.39 is 6.10 Å². The number of anilines is 2. The van der Waals surface area contributed by atoms with Crippen molar-refractivity contribution in [3.8, 4) is 0 Å². The SMILES string of the molecule is Cc1nc(Nc2ccc(C(C)O)cc2)sc1C. The summed E-state index contributed by atoms with van der Waals surface area (Å²) in [4.78, 5) is 5.65. The molecule has 3 nitrogen and oxygen atoms in total. The van der Waals surface area contributed by atoms with Gasteiger partial charge in [0.2, 0.25) is 0 Å². The molecule has 0 radical (unpaired) electrons. The Kier molecular flexibility index (Phi) is 3.45. The van der Waals surface area contributed by atoms with Gasteiger partial charge in [-0.3, -0.25) is 0 Å². The van der Waals surface area contributed by atoms with Crippen LogP contribution in [0.15, 0.2) is 24.3 Å². The van der Waals surface area contributed by atoms with E-state index in [2.05, 4.69) is 17.2 Å². The summed E-state index contributed by atoms with van der Waals surface area (Å²) in [7, 11) is 0. The Morgan fingerprint density at radius 3 is 2.35 bits per heavy atom. The maximum absolute atomic E-state index is 9.41. The van der Waals surface area contributed by atoms with Crippen molar-refractivity contribution < 1.29 is 5.11 Å². The number of nitrogens with one attached hydrogen (secondary N) is 1. The molecule has 2 N–H and O–H groups in total. The first-order valence-corrected chi connectivity index (χ1v) is 6.37. The zero-order valence-electron chi connectivity index (χ0n) is 10.2. The molecule has 0 saturated carbocycles. The van der Waals surface area contributed by atoms with Crippen molar-refractivity contribution in [3.63, 3.8) is 0 Å². The van der Waals surface area contributed by atoms with Crippen molar-refractivity contribution in [2.45, 2.75) is 26.9 Å². The number of aromatic nitrogens is 1. The summed E-state index contributed by atoms with van der Waals surface area (Å²) < 4.78 is 0. The monoisotopic (exact) mass is 248 g/mol. The fourth-order valence-corrected chi connectivity index (χ4v) is 2.33. The highest BCUT2D eigenvalue weighted by Crippen LogP contribution is 2.25. The van der Waals surface area contributed by atoms with Crippen LogP contribution in [0.2, 0.25) is 0 Å². The van der Waals surface area contributed by atoms with E-state index in [0.29, 0.717) is 0 Å². The molecule has 1 atom stereocenters. The van der Waals surface area contributed by atoms with Crippen LogP contribution in [0.4, 0.5) is 10.8 Å². The van der Waals surface area contributed by atoms with Crippen LogP contribution in [0.5, 0.6) is 0 Å². The summed E-state index contributed by atoms with van der Waals surface area (Å²) in [5.41, 5.74) is 2.98. The maximum Gasteiger partial charge on any atom is 0.187 e. The lowest BCUT2D eigenvalue weighted by atomic mass is 10.1. The molecule has 0 amide bonds. The van der Waals surface area contributed by atoms with Crippen molar-refractivity contribution in [1.29, 1.82) is 0 Å². The smallest absolute Gasteiger partial charge is 0.187 e. The maximum atomic E-state index is 9.41. The number of hydrogen-bond acceptors (Lipinski definition) is 4. The second-order valence-corrected chi connectivity index (χ2v) is 5.29. The summed E-state index contributed by atoms with van der Waals surface area (Å²) in [5, 5.41) is 13.6. The second-order valence-electron chi connectivity index (χ2n) is 4.08. The molecule has 4 heteroatoms. The van der Waals surface area contributed by atoms with Crippen LogP contribution in [-0.4, -0.2) is 10.1 Å². The van der Waals surface area contributed by atoms with Gasteiger partial charge in [0.15, 0.2) is 5.13 Å². The number of aryl methyl sites for hydroxylation is 2. The number of benzene rings is 1. The van der Waals surface area contributed by atoms with Gasteiger partial charge in [-0.1, -0.05) is 12.1 Å². The van der Waals surface area contributed by atoms with Crippen LogP contribution >= 0.6 is 11.3 Å². The van der Waals surface area contributed by atoms with Gasteiger partial charge in [-0.25, -0.2) is 4.98 Å². The van der Waals surface area contributed by atoms with Crippen LogP contribution in [0.3, 0.4) is 0 Å². The molecule has 0 aliphatic rings. The molecule has 90 valence electrons. The Morgan fingerprint density at radius 2 is 1.88 bits per heavy atom. The van der Waals surface area contributed by atoms with E-state index in [0.717, 1.165) is 22.1 Å². The molecule has 0 bridgehead atoms. The van der Waals surface area contributed by atoms with Crippen LogP contribution in [0, 0.1) is 13.8 Å². The Bertz CT molecular complexity index is 483. The Hall–Kier alpha value is -1.39. The number of aliphatic hydroxyl groups excluding tert-OH is 1. The summed E-state index contributed by atoms with van der Waals surface area (Å²) in [6.45, 7) is 5.83. The first-order chi connectivity index (χ1) is 8.06. The highest BCUT2D eigenvalue weighted by Gasteiger charge is 2.04. The van der Waals surface area contributed by atoms with E-state index in [1.54, 1.807) is 18.3 Å². The van der Waals surface area contributed by atoms with Crippen molar-refractivity contribution in [2.75, 3.05) is 5.32 Å². The Morgan fingerprint density at radius 1 is 1.24 bits per heavy atom. The first kappa shape index (κ1) is 12.1. The predicted octanol–water partition coefficient (Wildman–Crippen LogP) is 3.56. The standard InChI is InChI=1S/C13H16N2OS/c1-8-10(3)17-13(14-8)15-12-6-4-11(5-7-12)9(2)16/h4-7,9,16H,1-3H3,(H,14,15). The van der Waals surface area contributed by atoms with E-state index in [9.17, 15) is 5.11 Å². The lowest BCUT2D eigenvalue weighted by Crippen LogP contribution is -1.93. The second kappa shape index (κ2) is 4.85. The van der Waals surface area contributed by atoms with Crippen molar-refractivity contribution in [2.24, 2.45) is 0 Å². The molecule has 2 aromatic rings. The van der Waals surface area contributed by atoms with Gasteiger partial charge in [0.05, 0.1) is 11.8 Å². The number of hydrogen-bond donors (Lipinski definition) is 2. The molecule has 1 aromatic heterocycles. The topological polar surface area (TPSA) is 45.2 Å². The lowest BCUT2D eigenvalue weighted by Gasteiger charge is -2.06. The van der Waals surface area contributed by atoms with E-state index in [-0.39, 0.29) is 0 Å². The molecular formula is C13H16N2OS. The quantitative estimate of drug-likeness (QED) is 0.873. The number of aliphatic hydroxyl groups is 1. The molecule has 17 heavy (non-hydrogen) atoms. The third-order valence-corrected chi connectivity index (χ3v) is 3.66. The van der Waals surface area contributed by atoms with Gasteiger partial charge in [-0.15, -0.1) is 11.3 Å².